The zero-order valence-electron chi connectivity index (χ0n) is 8.48. The quantitative estimate of drug-likeness (QED) is 0.627. The van der Waals surface area contributed by atoms with Crippen LogP contribution in [0.5, 0.6) is 0 Å². The lowest BCUT2D eigenvalue weighted by molar-refractivity contribution is 0.295. The van der Waals surface area contributed by atoms with Gasteiger partial charge in [0.05, 0.1) is 6.04 Å². The number of hydrogen-bond acceptors (Lipinski definition) is 2. The molecule has 3 rings (SSSR count). The summed E-state index contributed by atoms with van der Waals surface area (Å²) in [5.41, 5.74) is 1.42. The van der Waals surface area contributed by atoms with E-state index >= 15 is 0 Å². The summed E-state index contributed by atoms with van der Waals surface area (Å²) in [5, 5.41) is 4.34. The highest BCUT2D eigenvalue weighted by Crippen LogP contribution is 2.47. The van der Waals surface area contributed by atoms with E-state index in [4.69, 9.17) is 0 Å². The van der Waals surface area contributed by atoms with Gasteiger partial charge in [0.25, 0.3) is 0 Å². The molecule has 0 aromatic carbocycles. The summed E-state index contributed by atoms with van der Waals surface area (Å²) in [4.78, 5) is 4.36. The summed E-state index contributed by atoms with van der Waals surface area (Å²) in [5.74, 6) is 1.81. The molecule has 2 unspecified atom stereocenters. The van der Waals surface area contributed by atoms with Crippen molar-refractivity contribution in [3.63, 3.8) is 0 Å². The van der Waals surface area contributed by atoms with Crippen LogP contribution in [0, 0.1) is 5.92 Å². The van der Waals surface area contributed by atoms with Crippen molar-refractivity contribution in [1.82, 2.24) is 14.8 Å². The highest BCUT2D eigenvalue weighted by atomic mass is 15.4. The maximum Gasteiger partial charge on any atom is 0.154 e. The molecular weight excluding hydrogens is 174 g/mol. The maximum absolute atomic E-state index is 4.36. The Bertz CT molecular complexity index is 378. The minimum atomic E-state index is 0.604. The molecular formula is C11H15N3. The zero-order valence-corrected chi connectivity index (χ0v) is 8.48. The number of aromatic nitrogens is 3. The fraction of sp³-hybridized carbons (Fsp3) is 0.636. The second-order valence-electron chi connectivity index (χ2n) is 4.23. The summed E-state index contributed by atoms with van der Waals surface area (Å²) < 4.78 is 2.14. The van der Waals surface area contributed by atoms with Gasteiger partial charge < -0.3 is 0 Å². The van der Waals surface area contributed by atoms with Crippen molar-refractivity contribution < 1.29 is 0 Å². The van der Waals surface area contributed by atoms with Crippen molar-refractivity contribution in [2.45, 2.75) is 38.6 Å². The van der Waals surface area contributed by atoms with Crippen molar-refractivity contribution in [2.24, 2.45) is 5.92 Å². The zero-order chi connectivity index (χ0) is 9.54. The van der Waals surface area contributed by atoms with E-state index in [1.807, 2.05) is 0 Å². The Hall–Kier alpha value is -1.12. The van der Waals surface area contributed by atoms with E-state index in [1.165, 1.54) is 31.3 Å². The van der Waals surface area contributed by atoms with Gasteiger partial charge in [-0.15, -0.1) is 0 Å². The predicted molar refractivity (Wildman–Crippen MR) is 54.7 cm³/mol. The van der Waals surface area contributed by atoms with E-state index in [2.05, 4.69) is 27.8 Å². The Kier molecular flexibility index (Phi) is 1.72. The molecule has 0 amide bonds. The number of hydrogen-bond donors (Lipinski definition) is 0. The summed E-state index contributed by atoms with van der Waals surface area (Å²) in [7, 11) is 0. The molecule has 1 aromatic rings. The molecule has 14 heavy (non-hydrogen) atoms. The molecule has 2 heterocycles. The SMILES string of the molecule is CC=C1c2ncnn2C2CCCCC12. The summed E-state index contributed by atoms with van der Waals surface area (Å²) in [6.07, 6.45) is 9.20. The Balaban J connectivity index is 2.10. The normalized spacial score (nSPS) is 33.1. The van der Waals surface area contributed by atoms with Crippen LogP contribution in [0.2, 0.25) is 0 Å². The molecule has 2 aliphatic rings. The van der Waals surface area contributed by atoms with Gasteiger partial charge in [0.2, 0.25) is 0 Å². The van der Waals surface area contributed by atoms with Gasteiger partial charge >= 0.3 is 0 Å². The van der Waals surface area contributed by atoms with Gasteiger partial charge in [0.1, 0.15) is 6.33 Å². The first-order valence-corrected chi connectivity index (χ1v) is 5.48. The second kappa shape index (κ2) is 2.94. The summed E-state index contributed by atoms with van der Waals surface area (Å²) >= 11 is 0. The molecule has 0 spiro atoms. The largest absolute Gasteiger partial charge is 0.242 e. The minimum absolute atomic E-state index is 0.604. The third-order valence-electron chi connectivity index (χ3n) is 3.59. The highest BCUT2D eigenvalue weighted by Gasteiger charge is 2.38. The molecule has 1 aliphatic carbocycles. The fourth-order valence-corrected chi connectivity index (χ4v) is 2.98. The van der Waals surface area contributed by atoms with E-state index in [0.717, 1.165) is 5.82 Å². The molecule has 1 saturated carbocycles. The third-order valence-corrected chi connectivity index (χ3v) is 3.59. The topological polar surface area (TPSA) is 30.7 Å². The first-order chi connectivity index (χ1) is 6.92. The van der Waals surface area contributed by atoms with Crippen molar-refractivity contribution in [2.75, 3.05) is 0 Å². The highest BCUT2D eigenvalue weighted by molar-refractivity contribution is 5.65. The number of allylic oxidation sites excluding steroid dienone is 2. The Labute approximate surface area is 83.8 Å². The van der Waals surface area contributed by atoms with Gasteiger partial charge in [0.15, 0.2) is 5.82 Å². The summed E-state index contributed by atoms with van der Waals surface area (Å²) in [6, 6.07) is 0.604. The van der Waals surface area contributed by atoms with Crippen LogP contribution >= 0.6 is 0 Å². The standard InChI is InChI=1S/C11H15N3/c1-2-8-9-5-3-4-6-10(9)14-11(8)12-7-13-14/h2,7,9-10H,3-6H2,1H3. The average Bonchev–Trinajstić information content (AvgIpc) is 2.77. The van der Waals surface area contributed by atoms with Gasteiger partial charge in [-0.1, -0.05) is 18.9 Å². The first-order valence-electron chi connectivity index (χ1n) is 5.48. The van der Waals surface area contributed by atoms with E-state index in [-0.39, 0.29) is 0 Å². The van der Waals surface area contributed by atoms with Gasteiger partial charge in [-0.2, -0.15) is 5.10 Å². The van der Waals surface area contributed by atoms with Crippen LogP contribution in [0.15, 0.2) is 12.4 Å². The lowest BCUT2D eigenvalue weighted by atomic mass is 9.82. The molecule has 74 valence electrons. The number of nitrogens with zero attached hydrogens (tertiary/aromatic N) is 3. The van der Waals surface area contributed by atoms with Crippen molar-refractivity contribution >= 4 is 5.57 Å². The lowest BCUT2D eigenvalue weighted by Gasteiger charge is -2.25. The maximum atomic E-state index is 4.36. The first kappa shape index (κ1) is 8.21. The minimum Gasteiger partial charge on any atom is -0.242 e. The van der Waals surface area contributed by atoms with Crippen LogP contribution in [0.4, 0.5) is 0 Å². The van der Waals surface area contributed by atoms with E-state index in [1.54, 1.807) is 6.33 Å². The van der Waals surface area contributed by atoms with E-state index in [0.29, 0.717) is 12.0 Å². The van der Waals surface area contributed by atoms with Crippen molar-refractivity contribution in [1.29, 1.82) is 0 Å². The van der Waals surface area contributed by atoms with Crippen LogP contribution in [0.1, 0.15) is 44.5 Å². The van der Waals surface area contributed by atoms with Crippen LogP contribution in [0.25, 0.3) is 5.57 Å². The smallest absolute Gasteiger partial charge is 0.154 e. The molecule has 0 N–H and O–H groups in total. The van der Waals surface area contributed by atoms with Crippen LogP contribution in [-0.2, 0) is 0 Å². The van der Waals surface area contributed by atoms with Crippen molar-refractivity contribution in [3.8, 4) is 0 Å². The lowest BCUT2D eigenvalue weighted by Crippen LogP contribution is -2.17. The van der Waals surface area contributed by atoms with Gasteiger partial charge in [-0.25, -0.2) is 9.67 Å². The molecule has 3 heteroatoms. The second-order valence-corrected chi connectivity index (χ2v) is 4.23. The van der Waals surface area contributed by atoms with E-state index in [9.17, 15) is 0 Å². The summed E-state index contributed by atoms with van der Waals surface area (Å²) in [6.45, 7) is 2.12. The van der Waals surface area contributed by atoms with Crippen LogP contribution in [0.3, 0.4) is 0 Å². The molecule has 0 bridgehead atoms. The van der Waals surface area contributed by atoms with Gasteiger partial charge in [-0.3, -0.25) is 0 Å². The van der Waals surface area contributed by atoms with Crippen LogP contribution in [-0.4, -0.2) is 14.8 Å². The average molecular weight is 189 g/mol. The molecule has 1 aliphatic heterocycles. The van der Waals surface area contributed by atoms with Crippen molar-refractivity contribution in [3.05, 3.63) is 18.2 Å². The molecule has 3 nitrogen and oxygen atoms in total. The Morgan fingerprint density at radius 1 is 1.43 bits per heavy atom. The molecule has 1 aromatic heterocycles. The molecule has 0 radical (unpaired) electrons. The van der Waals surface area contributed by atoms with Gasteiger partial charge in [0, 0.05) is 5.92 Å². The van der Waals surface area contributed by atoms with Gasteiger partial charge in [-0.05, 0) is 25.3 Å². The Morgan fingerprint density at radius 3 is 3.14 bits per heavy atom. The predicted octanol–water partition coefficient (Wildman–Crippen LogP) is 2.43. The van der Waals surface area contributed by atoms with Crippen LogP contribution < -0.4 is 0 Å². The Morgan fingerprint density at radius 2 is 2.29 bits per heavy atom. The monoisotopic (exact) mass is 189 g/mol. The van der Waals surface area contributed by atoms with E-state index < -0.39 is 0 Å². The molecule has 1 fully saturated rings. The molecule has 2 atom stereocenters. The third kappa shape index (κ3) is 0.925. The number of rotatable bonds is 0. The fourth-order valence-electron chi connectivity index (χ4n) is 2.98. The number of fused-ring (bicyclic) bond motifs is 3. The molecule has 0 saturated heterocycles.